The molecular formula is C9H13N. The molecule has 0 saturated heterocycles. The molecule has 0 spiro atoms. The highest BCUT2D eigenvalue weighted by molar-refractivity contribution is 5.28. The lowest BCUT2D eigenvalue weighted by Crippen LogP contribution is -1.76. The van der Waals surface area contributed by atoms with Crippen LogP contribution in [0.5, 0.6) is 0 Å². The second kappa shape index (κ2) is 5.89. The number of allylic oxidation sites excluding steroid dienone is 6. The summed E-state index contributed by atoms with van der Waals surface area (Å²) in [4.78, 5) is 0. The van der Waals surface area contributed by atoms with Crippen molar-refractivity contribution in [2.75, 3.05) is 0 Å². The van der Waals surface area contributed by atoms with Gasteiger partial charge in [-0.25, -0.2) is 0 Å². The average Bonchev–Trinajstić information content (AvgIpc) is 1.89. The molecule has 0 unspecified atom stereocenters. The van der Waals surface area contributed by atoms with Crippen molar-refractivity contribution in [3.63, 3.8) is 0 Å². The molecule has 0 aliphatic carbocycles. The molecule has 0 aromatic rings. The van der Waals surface area contributed by atoms with Crippen molar-refractivity contribution in [3.8, 4) is 0 Å². The van der Waals surface area contributed by atoms with Gasteiger partial charge in [0.2, 0.25) is 0 Å². The van der Waals surface area contributed by atoms with E-state index in [1.54, 1.807) is 6.08 Å². The molecule has 0 fully saturated rings. The first-order chi connectivity index (χ1) is 4.81. The molecule has 54 valence electrons. The van der Waals surface area contributed by atoms with Gasteiger partial charge in [-0.2, -0.15) is 0 Å². The summed E-state index contributed by atoms with van der Waals surface area (Å²) in [6.45, 7) is 5.69. The van der Waals surface area contributed by atoms with Crippen molar-refractivity contribution in [1.29, 1.82) is 0 Å². The smallest absolute Gasteiger partial charge is 0.00566 e. The third kappa shape index (κ3) is 4.91. The zero-order valence-corrected chi connectivity index (χ0v) is 6.25. The van der Waals surface area contributed by atoms with Crippen molar-refractivity contribution in [2.24, 2.45) is 5.73 Å². The maximum absolute atomic E-state index is 5.14. The van der Waals surface area contributed by atoms with E-state index in [0.717, 1.165) is 5.57 Å². The summed E-state index contributed by atoms with van der Waals surface area (Å²) in [6, 6.07) is 0. The fourth-order valence-electron chi connectivity index (χ4n) is 0.469. The van der Waals surface area contributed by atoms with Crippen LogP contribution in [0, 0.1) is 0 Å². The zero-order valence-electron chi connectivity index (χ0n) is 6.25. The van der Waals surface area contributed by atoms with Crippen LogP contribution in [-0.2, 0) is 0 Å². The number of hydrogen-bond acceptors (Lipinski definition) is 1. The van der Waals surface area contributed by atoms with Gasteiger partial charge in [0.05, 0.1) is 0 Å². The van der Waals surface area contributed by atoms with Crippen LogP contribution in [0.15, 0.2) is 48.7 Å². The predicted molar refractivity (Wildman–Crippen MR) is 46.4 cm³/mol. The van der Waals surface area contributed by atoms with E-state index in [-0.39, 0.29) is 0 Å². The predicted octanol–water partition coefficient (Wildman–Crippen LogP) is 2.15. The molecule has 0 amide bonds. The fraction of sp³-hybridized carbons (Fsp3) is 0.111. The van der Waals surface area contributed by atoms with Crippen molar-refractivity contribution < 1.29 is 0 Å². The SMILES string of the molecule is C=C(/C=C\C=C/C)/C=C/N. The first-order valence-electron chi connectivity index (χ1n) is 3.17. The molecule has 0 aliphatic heterocycles. The molecule has 0 aromatic heterocycles. The molecule has 0 atom stereocenters. The minimum absolute atomic E-state index is 0.903. The molecule has 0 radical (unpaired) electrons. The van der Waals surface area contributed by atoms with Gasteiger partial charge < -0.3 is 5.73 Å². The van der Waals surface area contributed by atoms with E-state index in [4.69, 9.17) is 5.73 Å². The summed E-state index contributed by atoms with van der Waals surface area (Å²) in [5.74, 6) is 0. The Hall–Kier alpha value is -1.24. The van der Waals surface area contributed by atoms with Gasteiger partial charge in [0, 0.05) is 0 Å². The minimum atomic E-state index is 0.903. The standard InChI is InChI=1S/C9H13N/c1-3-4-5-6-9(2)7-8-10/h3-8H,2,10H2,1H3/b4-3-,6-5-,8-7+. The van der Waals surface area contributed by atoms with Crippen LogP contribution in [0.2, 0.25) is 0 Å². The normalized spacial score (nSPS) is 12.1. The van der Waals surface area contributed by atoms with Gasteiger partial charge in [0.15, 0.2) is 0 Å². The zero-order chi connectivity index (χ0) is 7.82. The largest absolute Gasteiger partial charge is 0.405 e. The number of hydrogen-bond donors (Lipinski definition) is 1. The highest BCUT2D eigenvalue weighted by Crippen LogP contribution is 1.93. The minimum Gasteiger partial charge on any atom is -0.405 e. The third-order valence-corrected chi connectivity index (χ3v) is 0.924. The van der Waals surface area contributed by atoms with Gasteiger partial charge in [-0.15, -0.1) is 0 Å². The monoisotopic (exact) mass is 135 g/mol. The van der Waals surface area contributed by atoms with Crippen LogP contribution in [0.4, 0.5) is 0 Å². The van der Waals surface area contributed by atoms with Gasteiger partial charge in [0.1, 0.15) is 0 Å². The van der Waals surface area contributed by atoms with E-state index in [0.29, 0.717) is 0 Å². The Morgan fingerprint density at radius 1 is 1.30 bits per heavy atom. The Kier molecular flexibility index (Phi) is 5.16. The molecule has 0 aromatic carbocycles. The second-order valence-electron chi connectivity index (χ2n) is 1.82. The van der Waals surface area contributed by atoms with Crippen LogP contribution >= 0.6 is 0 Å². The van der Waals surface area contributed by atoms with Crippen molar-refractivity contribution in [1.82, 2.24) is 0 Å². The van der Waals surface area contributed by atoms with Crippen LogP contribution in [0.1, 0.15) is 6.92 Å². The Balaban J connectivity index is 3.78. The summed E-state index contributed by atoms with van der Waals surface area (Å²) in [5.41, 5.74) is 6.04. The van der Waals surface area contributed by atoms with Crippen molar-refractivity contribution >= 4 is 0 Å². The molecular weight excluding hydrogens is 122 g/mol. The fourth-order valence-corrected chi connectivity index (χ4v) is 0.469. The second-order valence-corrected chi connectivity index (χ2v) is 1.82. The Morgan fingerprint density at radius 3 is 2.50 bits per heavy atom. The lowest BCUT2D eigenvalue weighted by Gasteiger charge is -1.83. The van der Waals surface area contributed by atoms with Gasteiger partial charge in [-0.3, -0.25) is 0 Å². The summed E-state index contributed by atoms with van der Waals surface area (Å²) in [5, 5.41) is 0. The summed E-state index contributed by atoms with van der Waals surface area (Å²) < 4.78 is 0. The van der Waals surface area contributed by atoms with Gasteiger partial charge >= 0.3 is 0 Å². The summed E-state index contributed by atoms with van der Waals surface area (Å²) >= 11 is 0. The molecule has 1 heteroatoms. The van der Waals surface area contributed by atoms with Crippen molar-refractivity contribution in [2.45, 2.75) is 6.92 Å². The van der Waals surface area contributed by atoms with E-state index >= 15 is 0 Å². The molecule has 0 rings (SSSR count). The van der Waals surface area contributed by atoms with Gasteiger partial charge in [-0.05, 0) is 24.8 Å². The lowest BCUT2D eigenvalue weighted by molar-refractivity contribution is 1.57. The molecule has 10 heavy (non-hydrogen) atoms. The van der Waals surface area contributed by atoms with Crippen molar-refractivity contribution in [3.05, 3.63) is 48.7 Å². The van der Waals surface area contributed by atoms with Crippen LogP contribution in [0.25, 0.3) is 0 Å². The average molecular weight is 135 g/mol. The molecule has 1 nitrogen and oxygen atoms in total. The highest BCUT2D eigenvalue weighted by atomic mass is 14.5. The quantitative estimate of drug-likeness (QED) is 0.589. The number of rotatable bonds is 3. The first kappa shape index (κ1) is 8.76. The molecule has 0 aliphatic rings. The molecule has 0 heterocycles. The first-order valence-corrected chi connectivity index (χ1v) is 3.17. The Bertz CT molecular complexity index is 173. The Morgan fingerprint density at radius 2 is 2.00 bits per heavy atom. The van der Waals surface area contributed by atoms with Crippen LogP contribution < -0.4 is 5.73 Å². The highest BCUT2D eigenvalue weighted by Gasteiger charge is 1.73. The van der Waals surface area contributed by atoms with Crippen LogP contribution in [-0.4, -0.2) is 0 Å². The molecule has 0 saturated carbocycles. The van der Waals surface area contributed by atoms with E-state index < -0.39 is 0 Å². The van der Waals surface area contributed by atoms with Crippen LogP contribution in [0.3, 0.4) is 0 Å². The molecule has 2 N–H and O–H groups in total. The maximum Gasteiger partial charge on any atom is -0.00566 e. The topological polar surface area (TPSA) is 26.0 Å². The Labute approximate surface area is 62.2 Å². The van der Waals surface area contributed by atoms with E-state index in [9.17, 15) is 0 Å². The van der Waals surface area contributed by atoms with Gasteiger partial charge in [0.25, 0.3) is 0 Å². The lowest BCUT2D eigenvalue weighted by atomic mass is 10.2. The van der Waals surface area contributed by atoms with E-state index in [1.165, 1.54) is 6.20 Å². The van der Waals surface area contributed by atoms with Gasteiger partial charge in [-0.1, -0.05) is 30.9 Å². The summed E-state index contributed by atoms with van der Waals surface area (Å²) in [7, 11) is 0. The number of nitrogens with two attached hydrogens (primary N) is 1. The van der Waals surface area contributed by atoms with E-state index in [2.05, 4.69) is 6.58 Å². The summed E-state index contributed by atoms with van der Waals surface area (Å²) in [6.07, 6.45) is 10.9. The molecule has 0 bridgehead atoms. The van der Waals surface area contributed by atoms with E-state index in [1.807, 2.05) is 31.2 Å². The maximum atomic E-state index is 5.14. The third-order valence-electron chi connectivity index (χ3n) is 0.924.